The molecular weight excluding hydrogens is 230 g/mol. The molecule has 2 rings (SSSR count). The van der Waals surface area contributed by atoms with Crippen molar-refractivity contribution in [2.24, 2.45) is 0 Å². The fraction of sp³-hybridized carbons (Fsp3) is 0.500. The molecule has 0 aromatic heterocycles. The first-order chi connectivity index (χ1) is 8.53. The number of nitrogens with zero attached hydrogens (tertiary/aromatic N) is 1. The van der Waals surface area contributed by atoms with E-state index in [1.807, 2.05) is 12.1 Å². The van der Waals surface area contributed by atoms with E-state index in [1.165, 1.54) is 12.5 Å². The van der Waals surface area contributed by atoms with Crippen LogP contribution in [0.3, 0.4) is 0 Å². The van der Waals surface area contributed by atoms with Crippen LogP contribution in [0.2, 0.25) is 0 Å². The molecule has 1 heterocycles. The molecule has 18 heavy (non-hydrogen) atoms. The quantitative estimate of drug-likeness (QED) is 0.589. The van der Waals surface area contributed by atoms with E-state index in [2.05, 4.69) is 24.0 Å². The van der Waals surface area contributed by atoms with Gasteiger partial charge in [0.2, 0.25) is 0 Å². The SMILES string of the molecule is COc1ccc(CN2CC2(C)COC(C)=O)cc1. The summed E-state index contributed by atoms with van der Waals surface area (Å²) in [4.78, 5) is 13.1. The van der Waals surface area contributed by atoms with E-state index in [0.717, 1.165) is 18.8 Å². The summed E-state index contributed by atoms with van der Waals surface area (Å²) in [6.07, 6.45) is 0. The molecular formula is C14H19NO3. The van der Waals surface area contributed by atoms with E-state index in [9.17, 15) is 4.79 Å². The maximum atomic E-state index is 10.8. The highest BCUT2D eigenvalue weighted by molar-refractivity contribution is 5.66. The normalized spacial score (nSPS) is 25.6. The minimum Gasteiger partial charge on any atom is -0.497 e. The summed E-state index contributed by atoms with van der Waals surface area (Å²) >= 11 is 0. The molecule has 1 aromatic carbocycles. The Labute approximate surface area is 107 Å². The lowest BCUT2D eigenvalue weighted by Crippen LogP contribution is -2.22. The summed E-state index contributed by atoms with van der Waals surface area (Å²) in [6.45, 7) is 5.87. The molecule has 1 aliphatic heterocycles. The Morgan fingerprint density at radius 2 is 2.06 bits per heavy atom. The zero-order valence-corrected chi connectivity index (χ0v) is 11.1. The number of rotatable bonds is 5. The van der Waals surface area contributed by atoms with Gasteiger partial charge in [-0.15, -0.1) is 0 Å². The summed E-state index contributed by atoms with van der Waals surface area (Å²) in [5, 5.41) is 0. The summed E-state index contributed by atoms with van der Waals surface area (Å²) in [7, 11) is 1.66. The maximum Gasteiger partial charge on any atom is 0.302 e. The van der Waals surface area contributed by atoms with Gasteiger partial charge in [-0.05, 0) is 24.6 Å². The fourth-order valence-electron chi connectivity index (χ4n) is 1.97. The number of hydrogen-bond donors (Lipinski definition) is 0. The minimum atomic E-state index is -0.215. The van der Waals surface area contributed by atoms with Crippen molar-refractivity contribution in [1.29, 1.82) is 0 Å². The Balaban J connectivity index is 1.86. The molecule has 1 saturated heterocycles. The summed E-state index contributed by atoms with van der Waals surface area (Å²) < 4.78 is 10.2. The van der Waals surface area contributed by atoms with Crippen LogP contribution in [0.25, 0.3) is 0 Å². The van der Waals surface area contributed by atoms with Crippen molar-refractivity contribution in [3.8, 4) is 5.75 Å². The van der Waals surface area contributed by atoms with Crippen LogP contribution in [0.5, 0.6) is 5.75 Å². The van der Waals surface area contributed by atoms with Gasteiger partial charge in [0, 0.05) is 20.0 Å². The number of ether oxygens (including phenoxy) is 2. The van der Waals surface area contributed by atoms with Gasteiger partial charge in [0.05, 0.1) is 12.6 Å². The largest absolute Gasteiger partial charge is 0.497 e. The van der Waals surface area contributed by atoms with Gasteiger partial charge < -0.3 is 9.47 Å². The van der Waals surface area contributed by atoms with Crippen molar-refractivity contribution in [2.45, 2.75) is 25.9 Å². The van der Waals surface area contributed by atoms with Gasteiger partial charge in [-0.25, -0.2) is 0 Å². The lowest BCUT2D eigenvalue weighted by Gasteiger charge is -2.12. The molecule has 0 saturated carbocycles. The van der Waals surface area contributed by atoms with Crippen LogP contribution in [-0.2, 0) is 16.1 Å². The maximum absolute atomic E-state index is 10.8. The van der Waals surface area contributed by atoms with Gasteiger partial charge in [-0.3, -0.25) is 9.69 Å². The molecule has 1 aromatic rings. The number of carbonyl (C=O) groups is 1. The van der Waals surface area contributed by atoms with Crippen LogP contribution in [0.15, 0.2) is 24.3 Å². The third-order valence-electron chi connectivity index (χ3n) is 3.31. The Hall–Kier alpha value is -1.55. The first-order valence-electron chi connectivity index (χ1n) is 6.05. The van der Waals surface area contributed by atoms with Gasteiger partial charge in [0.25, 0.3) is 0 Å². The molecule has 4 heteroatoms. The topological polar surface area (TPSA) is 38.5 Å². The van der Waals surface area contributed by atoms with Crippen molar-refractivity contribution >= 4 is 5.97 Å². The van der Waals surface area contributed by atoms with Crippen LogP contribution in [0.1, 0.15) is 19.4 Å². The molecule has 0 spiro atoms. The summed E-state index contributed by atoms with van der Waals surface area (Å²) in [5.74, 6) is 0.653. The van der Waals surface area contributed by atoms with E-state index in [-0.39, 0.29) is 11.5 Å². The highest BCUT2D eigenvalue weighted by atomic mass is 16.5. The smallest absolute Gasteiger partial charge is 0.302 e. The Morgan fingerprint density at radius 1 is 1.39 bits per heavy atom. The average molecular weight is 249 g/mol. The van der Waals surface area contributed by atoms with Crippen LogP contribution in [0, 0.1) is 0 Å². The molecule has 0 radical (unpaired) electrons. The van der Waals surface area contributed by atoms with Gasteiger partial charge in [-0.1, -0.05) is 12.1 Å². The number of benzene rings is 1. The fourth-order valence-corrected chi connectivity index (χ4v) is 1.97. The third-order valence-corrected chi connectivity index (χ3v) is 3.31. The van der Waals surface area contributed by atoms with Gasteiger partial charge >= 0.3 is 5.97 Å². The molecule has 98 valence electrons. The zero-order chi connectivity index (χ0) is 13.2. The second kappa shape index (κ2) is 4.98. The second-order valence-corrected chi connectivity index (χ2v) is 4.98. The highest BCUT2D eigenvalue weighted by Crippen LogP contribution is 2.34. The van der Waals surface area contributed by atoms with E-state index in [1.54, 1.807) is 7.11 Å². The van der Waals surface area contributed by atoms with Crippen molar-refractivity contribution in [1.82, 2.24) is 4.90 Å². The number of methoxy groups -OCH3 is 1. The van der Waals surface area contributed by atoms with Gasteiger partial charge in [-0.2, -0.15) is 0 Å². The molecule has 1 fully saturated rings. The minimum absolute atomic E-state index is 0.00555. The Bertz CT molecular complexity index is 429. The Morgan fingerprint density at radius 3 is 2.61 bits per heavy atom. The predicted octanol–water partition coefficient (Wildman–Crippen LogP) is 1.83. The second-order valence-electron chi connectivity index (χ2n) is 4.98. The number of carbonyl (C=O) groups excluding carboxylic acids is 1. The van der Waals surface area contributed by atoms with E-state index < -0.39 is 0 Å². The number of hydrogen-bond acceptors (Lipinski definition) is 4. The van der Waals surface area contributed by atoms with Gasteiger partial charge in [0.15, 0.2) is 0 Å². The monoisotopic (exact) mass is 249 g/mol. The third kappa shape index (κ3) is 3.01. The number of esters is 1. The highest BCUT2D eigenvalue weighted by Gasteiger charge is 2.48. The molecule has 1 aliphatic rings. The van der Waals surface area contributed by atoms with Crippen LogP contribution >= 0.6 is 0 Å². The summed E-state index contributed by atoms with van der Waals surface area (Å²) in [6, 6.07) is 8.04. The van der Waals surface area contributed by atoms with Crippen molar-refractivity contribution < 1.29 is 14.3 Å². The molecule has 2 atom stereocenters. The van der Waals surface area contributed by atoms with Gasteiger partial charge in [0.1, 0.15) is 12.4 Å². The zero-order valence-electron chi connectivity index (χ0n) is 11.1. The molecule has 2 unspecified atom stereocenters. The van der Waals surface area contributed by atoms with E-state index >= 15 is 0 Å². The lowest BCUT2D eigenvalue weighted by molar-refractivity contribution is -0.142. The van der Waals surface area contributed by atoms with Crippen molar-refractivity contribution in [3.63, 3.8) is 0 Å². The molecule has 0 amide bonds. The van der Waals surface area contributed by atoms with Crippen molar-refractivity contribution in [2.75, 3.05) is 20.3 Å². The van der Waals surface area contributed by atoms with Crippen LogP contribution in [0.4, 0.5) is 0 Å². The molecule has 0 aliphatic carbocycles. The standard InChI is InChI=1S/C14H19NO3/c1-11(16)18-10-14(2)9-15(14)8-12-4-6-13(17-3)7-5-12/h4-7H,8-10H2,1-3H3. The first-order valence-corrected chi connectivity index (χ1v) is 6.05. The lowest BCUT2D eigenvalue weighted by atomic mass is 10.2. The molecule has 0 N–H and O–H groups in total. The average Bonchev–Trinajstić information content (AvgIpc) is 2.99. The summed E-state index contributed by atoms with van der Waals surface area (Å²) in [5.41, 5.74) is 1.24. The predicted molar refractivity (Wildman–Crippen MR) is 68.4 cm³/mol. The van der Waals surface area contributed by atoms with Crippen molar-refractivity contribution in [3.05, 3.63) is 29.8 Å². The molecule has 0 bridgehead atoms. The van der Waals surface area contributed by atoms with Crippen LogP contribution in [-0.4, -0.2) is 36.7 Å². The van der Waals surface area contributed by atoms with E-state index in [4.69, 9.17) is 9.47 Å². The Kier molecular flexibility index (Phi) is 3.57. The first kappa shape index (κ1) is 12.9. The molecule has 4 nitrogen and oxygen atoms in total. The van der Waals surface area contributed by atoms with E-state index in [0.29, 0.717) is 6.61 Å². The van der Waals surface area contributed by atoms with Crippen LogP contribution < -0.4 is 4.74 Å².